The smallest absolute Gasteiger partial charge is 0.370 e. The van der Waals surface area contributed by atoms with E-state index < -0.39 is 35.0 Å². The summed E-state index contributed by atoms with van der Waals surface area (Å²) in [6.07, 6.45) is -3.37. The van der Waals surface area contributed by atoms with Crippen LogP contribution in [0.25, 0.3) is 17.6 Å². The van der Waals surface area contributed by atoms with Crippen LogP contribution in [0.4, 0.5) is 26.3 Å². The van der Waals surface area contributed by atoms with Gasteiger partial charge in [0.1, 0.15) is 12.5 Å². The number of alkyl halides is 6. The first-order valence-corrected chi connectivity index (χ1v) is 9.52. The minimum absolute atomic E-state index is 0.0224. The molecule has 2 heterocycles. The van der Waals surface area contributed by atoms with Gasteiger partial charge in [-0.2, -0.15) is 26.3 Å². The number of aliphatic imine (C=N–C) groups is 1. The Balaban J connectivity index is 1.75. The van der Waals surface area contributed by atoms with Crippen molar-refractivity contribution in [3.05, 3.63) is 53.5 Å². The number of rotatable bonds is 5. The van der Waals surface area contributed by atoms with Gasteiger partial charge in [0.25, 0.3) is 0 Å². The normalized spacial score (nSPS) is 17.6. The number of aromatic nitrogens is 3. The summed E-state index contributed by atoms with van der Waals surface area (Å²) in [7, 11) is 0. The zero-order valence-corrected chi connectivity index (χ0v) is 17.2. The SMILES string of the molecule is CC1N=CC(C(C)NC(=O)/C=C\n2cnc(-c3cc(C(F)(F)F)cc(C(F)(F)F)c3)n2)=CN1. The highest BCUT2D eigenvalue weighted by Gasteiger charge is 2.37. The molecule has 1 aliphatic rings. The highest BCUT2D eigenvalue weighted by molar-refractivity contribution is 5.92. The molecule has 2 unspecified atom stereocenters. The Kier molecular flexibility index (Phi) is 6.60. The Labute approximate surface area is 183 Å². The summed E-state index contributed by atoms with van der Waals surface area (Å²) < 4.78 is 79.2. The van der Waals surface area contributed by atoms with E-state index in [1.165, 1.54) is 6.20 Å². The summed E-state index contributed by atoms with van der Waals surface area (Å²) in [6.45, 7) is 3.59. The van der Waals surface area contributed by atoms with E-state index in [1.54, 1.807) is 19.3 Å². The Bertz CT molecular complexity index is 1080. The van der Waals surface area contributed by atoms with E-state index in [2.05, 4.69) is 25.7 Å². The molecule has 0 fully saturated rings. The maximum Gasteiger partial charge on any atom is 0.416 e. The minimum atomic E-state index is -4.99. The summed E-state index contributed by atoms with van der Waals surface area (Å²) in [5.74, 6) is -0.875. The molecule has 1 aromatic carbocycles. The highest BCUT2D eigenvalue weighted by Crippen LogP contribution is 2.38. The van der Waals surface area contributed by atoms with Crippen LogP contribution in [0.5, 0.6) is 0 Å². The molecule has 2 atom stereocenters. The molecule has 0 bridgehead atoms. The predicted molar refractivity (Wildman–Crippen MR) is 108 cm³/mol. The first-order valence-electron chi connectivity index (χ1n) is 9.52. The zero-order chi connectivity index (χ0) is 24.4. The zero-order valence-electron chi connectivity index (χ0n) is 17.2. The van der Waals surface area contributed by atoms with Gasteiger partial charge in [0.05, 0.1) is 17.2 Å². The number of nitrogens with one attached hydrogen (secondary N) is 2. The van der Waals surface area contributed by atoms with Gasteiger partial charge in [0.2, 0.25) is 5.91 Å². The van der Waals surface area contributed by atoms with E-state index in [-0.39, 0.29) is 24.1 Å². The second kappa shape index (κ2) is 9.08. The fourth-order valence-electron chi connectivity index (χ4n) is 2.78. The molecule has 0 saturated heterocycles. The van der Waals surface area contributed by atoms with Gasteiger partial charge < -0.3 is 10.6 Å². The molecular weight excluding hydrogens is 454 g/mol. The Morgan fingerprint density at radius 2 is 1.79 bits per heavy atom. The van der Waals surface area contributed by atoms with Crippen molar-refractivity contribution in [1.29, 1.82) is 0 Å². The van der Waals surface area contributed by atoms with E-state index in [9.17, 15) is 31.1 Å². The fraction of sp³-hybridized carbons (Fsp3) is 0.300. The van der Waals surface area contributed by atoms with E-state index in [4.69, 9.17) is 0 Å². The number of nitrogens with zero attached hydrogens (tertiary/aromatic N) is 4. The molecule has 0 saturated carbocycles. The Morgan fingerprint density at radius 3 is 2.33 bits per heavy atom. The van der Waals surface area contributed by atoms with Gasteiger partial charge in [-0.05, 0) is 32.0 Å². The summed E-state index contributed by atoms with van der Waals surface area (Å²) in [5, 5.41) is 9.52. The highest BCUT2D eigenvalue weighted by atomic mass is 19.4. The fourth-order valence-corrected chi connectivity index (χ4v) is 2.78. The molecule has 1 aliphatic heterocycles. The molecule has 1 aromatic heterocycles. The lowest BCUT2D eigenvalue weighted by atomic mass is 10.0. The standard InChI is InChI=1S/C20H18F6N6O/c1-11(14-8-27-12(2)28-9-14)30-17(33)3-4-32-10-29-18(31-32)13-5-15(19(21,22)23)7-16(6-13)20(24,25)26/h3-12,27H,1-2H3,(H,30,33)/b4-3-. The number of carbonyl (C=O) groups is 1. The van der Waals surface area contributed by atoms with Gasteiger partial charge in [-0.3, -0.25) is 9.79 Å². The van der Waals surface area contributed by atoms with Crippen molar-refractivity contribution in [3.8, 4) is 11.4 Å². The molecule has 2 N–H and O–H groups in total. The third-order valence-corrected chi connectivity index (χ3v) is 4.53. The van der Waals surface area contributed by atoms with Crippen LogP contribution in [-0.4, -0.2) is 39.1 Å². The van der Waals surface area contributed by atoms with Crippen molar-refractivity contribution in [3.63, 3.8) is 0 Å². The third-order valence-electron chi connectivity index (χ3n) is 4.53. The monoisotopic (exact) mass is 472 g/mol. The molecule has 2 aromatic rings. The average Bonchev–Trinajstić information content (AvgIpc) is 3.20. The van der Waals surface area contributed by atoms with E-state index in [0.717, 1.165) is 22.7 Å². The van der Waals surface area contributed by atoms with Crippen molar-refractivity contribution in [2.45, 2.75) is 38.4 Å². The Hall–Kier alpha value is -3.64. The number of amides is 1. The maximum absolute atomic E-state index is 13.0. The second-order valence-electron chi connectivity index (χ2n) is 7.15. The molecule has 0 aliphatic carbocycles. The molecule has 13 heteroatoms. The third kappa shape index (κ3) is 6.20. The summed E-state index contributed by atoms with van der Waals surface area (Å²) in [4.78, 5) is 20.0. The number of halogens is 6. The molecule has 1 amide bonds. The van der Waals surface area contributed by atoms with Crippen molar-refractivity contribution >= 4 is 18.3 Å². The average molecular weight is 472 g/mol. The van der Waals surface area contributed by atoms with Crippen LogP contribution in [0.15, 0.2) is 47.4 Å². The number of carbonyl (C=O) groups excluding carboxylic acids is 1. The maximum atomic E-state index is 13.0. The lowest BCUT2D eigenvalue weighted by molar-refractivity contribution is -0.143. The lowest BCUT2D eigenvalue weighted by Gasteiger charge is -2.19. The van der Waals surface area contributed by atoms with Gasteiger partial charge in [-0.15, -0.1) is 5.10 Å². The molecule has 0 spiro atoms. The van der Waals surface area contributed by atoms with Crippen LogP contribution in [0, 0.1) is 0 Å². The molecule has 33 heavy (non-hydrogen) atoms. The van der Waals surface area contributed by atoms with Crippen LogP contribution < -0.4 is 10.6 Å². The molecule has 7 nitrogen and oxygen atoms in total. The number of hydrogen-bond acceptors (Lipinski definition) is 5. The van der Waals surface area contributed by atoms with E-state index in [1.807, 2.05) is 6.92 Å². The summed E-state index contributed by atoms with van der Waals surface area (Å²) in [6, 6.07) is 0.708. The van der Waals surface area contributed by atoms with Crippen LogP contribution >= 0.6 is 0 Å². The van der Waals surface area contributed by atoms with Gasteiger partial charge >= 0.3 is 12.4 Å². The first-order chi connectivity index (χ1) is 15.3. The summed E-state index contributed by atoms with van der Waals surface area (Å²) >= 11 is 0. The second-order valence-corrected chi connectivity index (χ2v) is 7.15. The molecule has 3 rings (SSSR count). The Morgan fingerprint density at radius 1 is 1.15 bits per heavy atom. The van der Waals surface area contributed by atoms with E-state index >= 15 is 0 Å². The largest absolute Gasteiger partial charge is 0.416 e. The number of hydrogen-bond donors (Lipinski definition) is 2. The lowest BCUT2D eigenvalue weighted by Crippen LogP contribution is -2.36. The topological polar surface area (TPSA) is 84.2 Å². The van der Waals surface area contributed by atoms with Crippen molar-refractivity contribution in [2.75, 3.05) is 0 Å². The van der Waals surface area contributed by atoms with Crippen molar-refractivity contribution in [2.24, 2.45) is 4.99 Å². The quantitative estimate of drug-likeness (QED) is 0.512. The van der Waals surface area contributed by atoms with Gasteiger partial charge in [0, 0.05) is 35.8 Å². The van der Waals surface area contributed by atoms with Crippen molar-refractivity contribution in [1.82, 2.24) is 25.4 Å². The van der Waals surface area contributed by atoms with Crippen molar-refractivity contribution < 1.29 is 31.1 Å². The van der Waals surface area contributed by atoms with Crippen LogP contribution in [0.1, 0.15) is 25.0 Å². The van der Waals surface area contributed by atoms with Gasteiger partial charge in [-0.1, -0.05) is 0 Å². The minimum Gasteiger partial charge on any atom is -0.370 e. The molecule has 176 valence electrons. The first kappa shape index (κ1) is 24.0. The van der Waals surface area contributed by atoms with Gasteiger partial charge in [-0.25, -0.2) is 9.67 Å². The van der Waals surface area contributed by atoms with Crippen LogP contribution in [0.3, 0.4) is 0 Å². The van der Waals surface area contributed by atoms with E-state index in [0.29, 0.717) is 12.1 Å². The summed E-state index contributed by atoms with van der Waals surface area (Å²) in [5.41, 5.74) is -2.68. The number of benzene rings is 1. The van der Waals surface area contributed by atoms with Crippen LogP contribution in [0.2, 0.25) is 0 Å². The molecular formula is C20H18F6N6O. The van der Waals surface area contributed by atoms with Crippen LogP contribution in [-0.2, 0) is 17.1 Å². The van der Waals surface area contributed by atoms with Gasteiger partial charge in [0.15, 0.2) is 5.82 Å². The molecule has 0 radical (unpaired) electrons. The predicted octanol–water partition coefficient (Wildman–Crippen LogP) is 3.86.